The first-order valence-corrected chi connectivity index (χ1v) is 10.4. The zero-order valence-electron chi connectivity index (χ0n) is 17.4. The van der Waals surface area contributed by atoms with Gasteiger partial charge in [0.1, 0.15) is 5.76 Å². The van der Waals surface area contributed by atoms with Crippen molar-refractivity contribution in [3.05, 3.63) is 75.8 Å². The Balaban J connectivity index is 2.10. The minimum atomic E-state index is -0.683. The number of Topliss-reactive ketones (excluding diaryl/α,β-unsaturated/α-hetero) is 1. The molecule has 158 valence electrons. The van der Waals surface area contributed by atoms with Crippen LogP contribution < -0.4 is 0 Å². The van der Waals surface area contributed by atoms with Crippen LogP contribution in [0.5, 0.6) is 0 Å². The number of nitrogens with zero attached hydrogens (tertiary/aromatic N) is 1. The first kappa shape index (κ1) is 22.1. The van der Waals surface area contributed by atoms with E-state index < -0.39 is 17.7 Å². The number of amides is 1. The molecule has 0 saturated carbocycles. The molecule has 1 N–H and O–H groups in total. The van der Waals surface area contributed by atoms with Crippen LogP contribution in [0.4, 0.5) is 0 Å². The molecule has 0 radical (unpaired) electrons. The number of likely N-dealkylation sites (tertiary alicyclic amines) is 1. The van der Waals surface area contributed by atoms with Crippen LogP contribution in [0.3, 0.4) is 0 Å². The summed E-state index contributed by atoms with van der Waals surface area (Å²) in [7, 11) is 1.59. The van der Waals surface area contributed by atoms with Crippen LogP contribution >= 0.6 is 11.6 Å². The third-order valence-corrected chi connectivity index (χ3v) is 5.58. The maximum Gasteiger partial charge on any atom is 0.295 e. The molecule has 5 nitrogen and oxygen atoms in total. The van der Waals surface area contributed by atoms with E-state index in [9.17, 15) is 14.7 Å². The van der Waals surface area contributed by atoms with E-state index in [2.05, 4.69) is 13.8 Å². The van der Waals surface area contributed by atoms with Crippen LogP contribution in [0.2, 0.25) is 5.02 Å². The highest BCUT2D eigenvalue weighted by Gasteiger charge is 2.45. The number of aliphatic hydroxyl groups excluding tert-OH is 1. The average Bonchev–Trinajstić information content (AvgIpc) is 2.99. The maximum atomic E-state index is 12.9. The topological polar surface area (TPSA) is 66.8 Å². The van der Waals surface area contributed by atoms with E-state index in [4.69, 9.17) is 16.3 Å². The number of ketones is 1. The number of ether oxygens (including phenoxy) is 1. The van der Waals surface area contributed by atoms with Gasteiger partial charge in [0.15, 0.2) is 0 Å². The van der Waals surface area contributed by atoms with Crippen molar-refractivity contribution < 1.29 is 19.4 Å². The Morgan fingerprint density at radius 3 is 2.30 bits per heavy atom. The van der Waals surface area contributed by atoms with E-state index in [0.29, 0.717) is 36.1 Å². The summed E-state index contributed by atoms with van der Waals surface area (Å²) in [4.78, 5) is 27.3. The van der Waals surface area contributed by atoms with E-state index >= 15 is 0 Å². The van der Waals surface area contributed by atoms with Gasteiger partial charge in [0.25, 0.3) is 11.7 Å². The Kier molecular flexibility index (Phi) is 6.95. The molecule has 1 aliphatic rings. The van der Waals surface area contributed by atoms with E-state index in [1.165, 1.54) is 4.90 Å². The molecule has 1 unspecified atom stereocenters. The van der Waals surface area contributed by atoms with Crippen molar-refractivity contribution in [2.75, 3.05) is 20.3 Å². The van der Waals surface area contributed by atoms with Gasteiger partial charge < -0.3 is 14.7 Å². The van der Waals surface area contributed by atoms with Gasteiger partial charge in [0.05, 0.1) is 11.6 Å². The summed E-state index contributed by atoms with van der Waals surface area (Å²) in [6, 6.07) is 13.7. The van der Waals surface area contributed by atoms with Crippen LogP contribution in [-0.4, -0.2) is 42.0 Å². The standard InChI is InChI=1S/C24H26ClNO4/c1-15(2)16-5-7-17(8-6-16)21-20(22(27)18-9-11-19(25)12-10-18)23(28)24(29)26(21)13-4-14-30-3/h5-12,15,21,27H,4,13-14H2,1-3H3/b22-20+. The molecular formula is C24H26ClNO4. The minimum Gasteiger partial charge on any atom is -0.507 e. The summed E-state index contributed by atoms with van der Waals surface area (Å²) in [5.74, 6) is -1.13. The number of methoxy groups -OCH3 is 1. The highest BCUT2D eigenvalue weighted by molar-refractivity contribution is 6.46. The third kappa shape index (κ3) is 4.42. The lowest BCUT2D eigenvalue weighted by Crippen LogP contribution is -2.31. The second-order valence-corrected chi connectivity index (χ2v) is 8.10. The third-order valence-electron chi connectivity index (χ3n) is 5.32. The molecule has 2 aromatic carbocycles. The second kappa shape index (κ2) is 9.45. The number of carbonyl (C=O) groups is 2. The Bertz CT molecular complexity index is 948. The molecule has 2 aromatic rings. The summed E-state index contributed by atoms with van der Waals surface area (Å²) in [6.45, 7) is 5.03. The normalized spacial score (nSPS) is 18.4. The van der Waals surface area contributed by atoms with Crippen molar-refractivity contribution in [1.82, 2.24) is 4.90 Å². The lowest BCUT2D eigenvalue weighted by molar-refractivity contribution is -0.140. The van der Waals surface area contributed by atoms with Crippen LogP contribution in [0.1, 0.15) is 48.9 Å². The van der Waals surface area contributed by atoms with E-state index in [-0.39, 0.29) is 11.3 Å². The van der Waals surface area contributed by atoms with Crippen molar-refractivity contribution in [2.24, 2.45) is 0 Å². The quantitative estimate of drug-likeness (QED) is 0.294. The highest BCUT2D eigenvalue weighted by Crippen LogP contribution is 2.39. The number of carbonyl (C=O) groups excluding carboxylic acids is 2. The molecule has 1 atom stereocenters. The van der Waals surface area contributed by atoms with Gasteiger partial charge in [-0.3, -0.25) is 9.59 Å². The van der Waals surface area contributed by atoms with Gasteiger partial charge in [-0.1, -0.05) is 49.7 Å². The fraction of sp³-hybridized carbons (Fsp3) is 0.333. The average molecular weight is 428 g/mol. The number of rotatable bonds is 7. The molecule has 0 spiro atoms. The molecule has 6 heteroatoms. The fourth-order valence-electron chi connectivity index (χ4n) is 3.66. The molecule has 1 saturated heterocycles. The molecule has 0 aliphatic carbocycles. The van der Waals surface area contributed by atoms with Crippen LogP contribution in [0, 0.1) is 0 Å². The lowest BCUT2D eigenvalue weighted by atomic mass is 9.93. The summed E-state index contributed by atoms with van der Waals surface area (Å²) in [6.07, 6.45) is 0.588. The SMILES string of the molecule is COCCCN1C(=O)C(=O)/C(=C(/O)c2ccc(Cl)cc2)C1c1ccc(C(C)C)cc1. The van der Waals surface area contributed by atoms with Gasteiger partial charge >= 0.3 is 0 Å². The first-order valence-electron chi connectivity index (χ1n) is 9.98. The second-order valence-electron chi connectivity index (χ2n) is 7.67. The van der Waals surface area contributed by atoms with Gasteiger partial charge in [-0.25, -0.2) is 0 Å². The van der Waals surface area contributed by atoms with Gasteiger partial charge in [-0.2, -0.15) is 0 Å². The summed E-state index contributed by atoms with van der Waals surface area (Å²) >= 11 is 5.95. The highest BCUT2D eigenvalue weighted by atomic mass is 35.5. The van der Waals surface area contributed by atoms with Gasteiger partial charge in [0, 0.05) is 30.8 Å². The van der Waals surface area contributed by atoms with E-state index in [0.717, 1.165) is 11.1 Å². The zero-order valence-corrected chi connectivity index (χ0v) is 18.1. The van der Waals surface area contributed by atoms with Crippen molar-refractivity contribution in [3.8, 4) is 0 Å². The van der Waals surface area contributed by atoms with E-state index in [1.807, 2.05) is 24.3 Å². The first-order chi connectivity index (χ1) is 14.3. The Labute approximate surface area is 181 Å². The Morgan fingerprint density at radius 2 is 1.73 bits per heavy atom. The summed E-state index contributed by atoms with van der Waals surface area (Å²) in [5, 5.41) is 11.5. The Hall–Kier alpha value is -2.63. The van der Waals surface area contributed by atoms with Gasteiger partial charge in [0.2, 0.25) is 0 Å². The molecule has 0 bridgehead atoms. The van der Waals surface area contributed by atoms with Gasteiger partial charge in [-0.15, -0.1) is 0 Å². The Morgan fingerprint density at radius 1 is 1.10 bits per heavy atom. The predicted octanol–water partition coefficient (Wildman–Crippen LogP) is 4.92. The smallest absolute Gasteiger partial charge is 0.295 e. The number of aliphatic hydroxyl groups is 1. The van der Waals surface area contributed by atoms with Crippen molar-refractivity contribution in [2.45, 2.75) is 32.2 Å². The van der Waals surface area contributed by atoms with Crippen molar-refractivity contribution in [3.63, 3.8) is 0 Å². The van der Waals surface area contributed by atoms with Crippen LogP contribution in [-0.2, 0) is 14.3 Å². The van der Waals surface area contributed by atoms with Crippen molar-refractivity contribution >= 4 is 29.1 Å². The molecule has 0 aromatic heterocycles. The number of benzene rings is 2. The molecule has 3 rings (SSSR count). The number of hydrogen-bond acceptors (Lipinski definition) is 4. The minimum absolute atomic E-state index is 0.0945. The maximum absolute atomic E-state index is 12.9. The number of halogens is 1. The number of hydrogen-bond donors (Lipinski definition) is 1. The molecular weight excluding hydrogens is 402 g/mol. The fourth-order valence-corrected chi connectivity index (χ4v) is 3.79. The molecule has 1 aliphatic heterocycles. The van der Waals surface area contributed by atoms with E-state index in [1.54, 1.807) is 31.4 Å². The monoisotopic (exact) mass is 427 g/mol. The summed E-state index contributed by atoms with van der Waals surface area (Å²) < 4.78 is 5.10. The largest absolute Gasteiger partial charge is 0.507 e. The molecule has 1 heterocycles. The molecule has 1 amide bonds. The van der Waals surface area contributed by atoms with Gasteiger partial charge in [-0.05, 0) is 47.7 Å². The molecule has 1 fully saturated rings. The predicted molar refractivity (Wildman–Crippen MR) is 117 cm³/mol. The zero-order chi connectivity index (χ0) is 21.8. The lowest BCUT2D eigenvalue weighted by Gasteiger charge is -2.25. The molecule has 30 heavy (non-hydrogen) atoms. The van der Waals surface area contributed by atoms with Crippen molar-refractivity contribution in [1.29, 1.82) is 0 Å². The van der Waals surface area contributed by atoms with Crippen LogP contribution in [0.25, 0.3) is 5.76 Å². The summed E-state index contributed by atoms with van der Waals surface area (Å²) in [5.41, 5.74) is 2.48. The van der Waals surface area contributed by atoms with Crippen LogP contribution in [0.15, 0.2) is 54.1 Å².